The van der Waals surface area contributed by atoms with E-state index in [1.807, 2.05) is 19.1 Å². The molecule has 1 heterocycles. The number of hydrogen-bond donors (Lipinski definition) is 2. The maximum atomic E-state index is 12.6. The zero-order valence-corrected chi connectivity index (χ0v) is 12.9. The lowest BCUT2D eigenvalue weighted by Gasteiger charge is -2.09. The van der Waals surface area contributed by atoms with E-state index in [-0.39, 0.29) is 28.2 Å². The van der Waals surface area contributed by atoms with E-state index in [4.69, 9.17) is 0 Å². The summed E-state index contributed by atoms with van der Waals surface area (Å²) in [4.78, 5) is 24.7. The molecule has 0 fully saturated rings. The average molecular weight is 321 g/mol. The molecule has 0 amide bonds. The maximum absolute atomic E-state index is 12.6. The molecule has 0 saturated heterocycles. The van der Waals surface area contributed by atoms with E-state index in [1.54, 1.807) is 12.1 Å². The lowest BCUT2D eigenvalue weighted by Crippen LogP contribution is -2.18. The van der Waals surface area contributed by atoms with Gasteiger partial charge in [-0.25, -0.2) is 0 Å². The molecule has 0 atom stereocenters. The average Bonchev–Trinajstić information content (AvgIpc) is 2.56. The fraction of sp³-hybridized carbons (Fsp3) is 0.0526. The summed E-state index contributed by atoms with van der Waals surface area (Å²) < 4.78 is 1.38. The normalized spacial score (nSPS) is 10.5. The van der Waals surface area contributed by atoms with Crippen LogP contribution in [0.15, 0.2) is 65.6 Å². The van der Waals surface area contributed by atoms with E-state index in [0.717, 1.165) is 11.6 Å². The number of carbonyl (C=O) groups excluding carboxylic acids is 1. The van der Waals surface area contributed by atoms with Crippen LogP contribution in [0.4, 0.5) is 0 Å². The van der Waals surface area contributed by atoms with Crippen molar-refractivity contribution in [1.82, 2.24) is 4.57 Å². The summed E-state index contributed by atoms with van der Waals surface area (Å²) in [6, 6.07) is 13.8. The molecule has 120 valence electrons. The Hall–Kier alpha value is -3.34. The van der Waals surface area contributed by atoms with Gasteiger partial charge in [0.15, 0.2) is 5.78 Å². The second-order valence-corrected chi connectivity index (χ2v) is 5.49. The zero-order chi connectivity index (χ0) is 17.3. The van der Waals surface area contributed by atoms with Gasteiger partial charge in [0.1, 0.15) is 11.5 Å². The van der Waals surface area contributed by atoms with Crippen molar-refractivity contribution in [2.45, 2.75) is 6.92 Å². The summed E-state index contributed by atoms with van der Waals surface area (Å²) in [7, 11) is 0. The summed E-state index contributed by atoms with van der Waals surface area (Å²) >= 11 is 0. The van der Waals surface area contributed by atoms with Crippen molar-refractivity contribution < 1.29 is 15.0 Å². The van der Waals surface area contributed by atoms with Gasteiger partial charge in [-0.05, 0) is 37.3 Å². The van der Waals surface area contributed by atoms with E-state index in [9.17, 15) is 19.8 Å². The quantitative estimate of drug-likeness (QED) is 0.727. The third-order valence-corrected chi connectivity index (χ3v) is 3.71. The molecule has 0 aliphatic carbocycles. The fourth-order valence-corrected chi connectivity index (χ4v) is 2.40. The monoisotopic (exact) mass is 321 g/mol. The Labute approximate surface area is 138 Å². The van der Waals surface area contributed by atoms with Crippen molar-refractivity contribution in [2.24, 2.45) is 0 Å². The van der Waals surface area contributed by atoms with Crippen molar-refractivity contribution in [3.63, 3.8) is 0 Å². The molecule has 3 aromatic rings. The van der Waals surface area contributed by atoms with Crippen molar-refractivity contribution in [3.05, 3.63) is 87.8 Å². The van der Waals surface area contributed by atoms with Gasteiger partial charge in [-0.1, -0.05) is 17.7 Å². The standard InChI is InChI=1S/C19H15NO4/c1-12-2-5-14(6-3-12)20-11-13(4-9-18(20)23)19(24)16-8-7-15(21)10-17(16)22/h2-11,21-22H,1H3. The maximum Gasteiger partial charge on any atom is 0.255 e. The lowest BCUT2D eigenvalue weighted by atomic mass is 10.0. The minimum atomic E-state index is -0.437. The summed E-state index contributed by atoms with van der Waals surface area (Å²) in [6.07, 6.45) is 1.45. The first kappa shape index (κ1) is 15.6. The number of rotatable bonds is 3. The predicted molar refractivity (Wildman–Crippen MR) is 90.0 cm³/mol. The first-order valence-electron chi connectivity index (χ1n) is 7.32. The Morgan fingerprint density at radius 3 is 2.33 bits per heavy atom. The molecular weight excluding hydrogens is 306 g/mol. The van der Waals surface area contributed by atoms with Gasteiger partial charge in [0, 0.05) is 29.6 Å². The molecule has 0 aliphatic rings. The van der Waals surface area contributed by atoms with Crippen molar-refractivity contribution in [1.29, 1.82) is 0 Å². The Morgan fingerprint density at radius 2 is 1.67 bits per heavy atom. The van der Waals surface area contributed by atoms with Gasteiger partial charge in [-0.15, -0.1) is 0 Å². The molecule has 0 radical (unpaired) electrons. The van der Waals surface area contributed by atoms with Crippen LogP contribution in [0.25, 0.3) is 5.69 Å². The predicted octanol–water partition coefficient (Wildman–Crippen LogP) is 2.79. The molecule has 5 heteroatoms. The van der Waals surface area contributed by atoms with Crippen molar-refractivity contribution in [2.75, 3.05) is 0 Å². The van der Waals surface area contributed by atoms with E-state index < -0.39 is 5.78 Å². The summed E-state index contributed by atoms with van der Waals surface area (Å²) in [6.45, 7) is 1.94. The number of pyridine rings is 1. The number of aromatic hydroxyl groups is 2. The van der Waals surface area contributed by atoms with Gasteiger partial charge >= 0.3 is 0 Å². The van der Waals surface area contributed by atoms with E-state index in [0.29, 0.717) is 5.69 Å². The molecule has 5 nitrogen and oxygen atoms in total. The minimum Gasteiger partial charge on any atom is -0.508 e. The summed E-state index contributed by atoms with van der Waals surface area (Å²) in [5.74, 6) is -0.880. The summed E-state index contributed by atoms with van der Waals surface area (Å²) in [5, 5.41) is 19.2. The highest BCUT2D eigenvalue weighted by molar-refractivity contribution is 6.10. The number of benzene rings is 2. The highest BCUT2D eigenvalue weighted by Gasteiger charge is 2.15. The molecule has 0 unspecified atom stereocenters. The molecule has 2 N–H and O–H groups in total. The molecule has 0 aliphatic heterocycles. The van der Waals surface area contributed by atoms with E-state index in [2.05, 4.69) is 0 Å². The molecule has 1 aromatic heterocycles. The molecule has 0 saturated carbocycles. The van der Waals surface area contributed by atoms with Crippen LogP contribution in [0.2, 0.25) is 0 Å². The molecule has 0 bridgehead atoms. The van der Waals surface area contributed by atoms with Crippen molar-refractivity contribution >= 4 is 5.78 Å². The molecule has 0 spiro atoms. The third kappa shape index (κ3) is 2.92. The zero-order valence-electron chi connectivity index (χ0n) is 12.9. The number of phenolic OH excluding ortho intramolecular Hbond substituents is 2. The highest BCUT2D eigenvalue weighted by atomic mass is 16.3. The SMILES string of the molecule is Cc1ccc(-n2cc(C(=O)c3ccc(O)cc3O)ccc2=O)cc1. The highest BCUT2D eigenvalue weighted by Crippen LogP contribution is 2.25. The number of ketones is 1. The van der Waals surface area contributed by atoms with Gasteiger partial charge in [-0.3, -0.25) is 14.2 Å². The fourth-order valence-electron chi connectivity index (χ4n) is 2.40. The van der Waals surface area contributed by atoms with Crippen LogP contribution in [0.3, 0.4) is 0 Å². The van der Waals surface area contributed by atoms with Gasteiger partial charge in [0.05, 0.1) is 5.56 Å². The van der Waals surface area contributed by atoms with E-state index in [1.165, 1.54) is 35.0 Å². The first-order chi connectivity index (χ1) is 11.5. The molecule has 24 heavy (non-hydrogen) atoms. The number of aryl methyl sites for hydroxylation is 1. The van der Waals surface area contributed by atoms with Crippen LogP contribution in [0.5, 0.6) is 11.5 Å². The van der Waals surface area contributed by atoms with Crippen LogP contribution in [-0.4, -0.2) is 20.6 Å². The Morgan fingerprint density at radius 1 is 0.958 bits per heavy atom. The van der Waals surface area contributed by atoms with E-state index >= 15 is 0 Å². The summed E-state index contributed by atoms with van der Waals surface area (Å²) in [5.41, 5.74) is 1.77. The first-order valence-corrected chi connectivity index (χ1v) is 7.32. The molecule has 3 rings (SSSR count). The largest absolute Gasteiger partial charge is 0.508 e. The Kier molecular flexibility index (Phi) is 3.92. The smallest absolute Gasteiger partial charge is 0.255 e. The number of phenols is 2. The van der Waals surface area contributed by atoms with Crippen LogP contribution >= 0.6 is 0 Å². The van der Waals surface area contributed by atoms with Crippen LogP contribution < -0.4 is 5.56 Å². The van der Waals surface area contributed by atoms with Crippen LogP contribution in [-0.2, 0) is 0 Å². The molecule has 2 aromatic carbocycles. The van der Waals surface area contributed by atoms with Crippen LogP contribution in [0, 0.1) is 6.92 Å². The van der Waals surface area contributed by atoms with Gasteiger partial charge in [0.25, 0.3) is 5.56 Å². The number of nitrogens with zero attached hydrogens (tertiary/aromatic N) is 1. The number of hydrogen-bond acceptors (Lipinski definition) is 4. The number of carbonyl (C=O) groups is 1. The Bertz CT molecular complexity index is 971. The van der Waals surface area contributed by atoms with Gasteiger partial charge in [0.2, 0.25) is 0 Å². The number of aromatic nitrogens is 1. The lowest BCUT2D eigenvalue weighted by molar-refractivity contribution is 0.103. The van der Waals surface area contributed by atoms with Crippen LogP contribution in [0.1, 0.15) is 21.5 Å². The topological polar surface area (TPSA) is 79.5 Å². The second-order valence-electron chi connectivity index (χ2n) is 5.49. The van der Waals surface area contributed by atoms with Crippen molar-refractivity contribution in [3.8, 4) is 17.2 Å². The van der Waals surface area contributed by atoms with Gasteiger partial charge < -0.3 is 10.2 Å². The Balaban J connectivity index is 2.06. The minimum absolute atomic E-state index is 0.0573. The third-order valence-electron chi connectivity index (χ3n) is 3.71. The van der Waals surface area contributed by atoms with Gasteiger partial charge in [-0.2, -0.15) is 0 Å². The second kappa shape index (κ2) is 6.04. The molecular formula is C19H15NO4.